The van der Waals surface area contributed by atoms with Gasteiger partial charge < -0.3 is 20.3 Å². The average molecular weight is 540 g/mol. The number of rotatable bonds is 5. The number of amides is 1. The summed E-state index contributed by atoms with van der Waals surface area (Å²) in [7, 11) is 1.77. The molecule has 0 aromatic heterocycles. The summed E-state index contributed by atoms with van der Waals surface area (Å²) < 4.78 is 5.88. The van der Waals surface area contributed by atoms with E-state index in [1.807, 2.05) is 4.90 Å². The van der Waals surface area contributed by atoms with E-state index in [1.165, 1.54) is 5.56 Å². The zero-order valence-corrected chi connectivity index (χ0v) is 21.3. The van der Waals surface area contributed by atoms with Crippen LogP contribution >= 0.6 is 24.0 Å². The molecular weight excluding hydrogens is 503 g/mol. The smallest absolute Gasteiger partial charge is 0.241 e. The van der Waals surface area contributed by atoms with Crippen LogP contribution in [0.15, 0.2) is 35.3 Å². The van der Waals surface area contributed by atoms with Crippen molar-refractivity contribution >= 4 is 35.8 Å². The third-order valence-corrected chi connectivity index (χ3v) is 7.36. The van der Waals surface area contributed by atoms with Gasteiger partial charge >= 0.3 is 0 Å². The standard InChI is InChI=1S/C24H36N4O2.HI/c1-24(2)21(19-11-14-30-22(19)24)27-23(25-3)26-16-20(29)28-12-9-18(10-13-28)15-17-7-5-4-6-8-17;/h4-8,18-19,21-22H,9-16H2,1-3H3,(H2,25,26,27);1H. The summed E-state index contributed by atoms with van der Waals surface area (Å²) in [6.45, 7) is 7.33. The lowest BCUT2D eigenvalue weighted by molar-refractivity contribution is -0.131. The van der Waals surface area contributed by atoms with Gasteiger partial charge in [0, 0.05) is 44.1 Å². The fraction of sp³-hybridized carbons (Fsp3) is 0.667. The van der Waals surface area contributed by atoms with Gasteiger partial charge in [-0.05, 0) is 37.2 Å². The van der Waals surface area contributed by atoms with Crippen molar-refractivity contribution < 1.29 is 9.53 Å². The molecule has 1 saturated carbocycles. The number of nitrogens with one attached hydrogen (secondary N) is 2. The lowest BCUT2D eigenvalue weighted by Crippen LogP contribution is -2.68. The summed E-state index contributed by atoms with van der Waals surface area (Å²) in [5.74, 6) is 2.08. The molecule has 1 aliphatic carbocycles. The lowest BCUT2D eigenvalue weighted by Gasteiger charge is -2.54. The highest BCUT2D eigenvalue weighted by Gasteiger charge is 2.59. The van der Waals surface area contributed by atoms with Crippen LogP contribution in [0.1, 0.15) is 38.7 Å². The number of likely N-dealkylation sites (tertiary alicyclic amines) is 1. The van der Waals surface area contributed by atoms with Gasteiger partial charge in [-0.25, -0.2) is 0 Å². The fourth-order valence-electron chi connectivity index (χ4n) is 5.56. The molecule has 7 heteroatoms. The Morgan fingerprint density at radius 2 is 1.90 bits per heavy atom. The summed E-state index contributed by atoms with van der Waals surface area (Å²) in [5.41, 5.74) is 1.48. The van der Waals surface area contributed by atoms with Crippen molar-refractivity contribution in [3.63, 3.8) is 0 Å². The molecule has 1 aromatic carbocycles. The minimum absolute atomic E-state index is 0. The summed E-state index contributed by atoms with van der Waals surface area (Å²) in [6.07, 6.45) is 4.70. The fourth-order valence-corrected chi connectivity index (χ4v) is 5.56. The Morgan fingerprint density at radius 3 is 2.58 bits per heavy atom. The number of halogens is 1. The Morgan fingerprint density at radius 1 is 1.19 bits per heavy atom. The van der Waals surface area contributed by atoms with Crippen LogP contribution in [0, 0.1) is 17.3 Å². The van der Waals surface area contributed by atoms with E-state index in [0.717, 1.165) is 45.4 Å². The van der Waals surface area contributed by atoms with E-state index in [-0.39, 0.29) is 35.3 Å². The van der Waals surface area contributed by atoms with E-state index >= 15 is 0 Å². The number of carbonyl (C=O) groups is 1. The van der Waals surface area contributed by atoms with Gasteiger partial charge in [0.05, 0.1) is 12.6 Å². The van der Waals surface area contributed by atoms with Crippen molar-refractivity contribution in [3.05, 3.63) is 35.9 Å². The Hall–Kier alpha value is -1.35. The van der Waals surface area contributed by atoms with Gasteiger partial charge in [-0.2, -0.15) is 0 Å². The molecule has 2 aliphatic heterocycles. The van der Waals surface area contributed by atoms with Crippen LogP contribution in [0.3, 0.4) is 0 Å². The Bertz CT molecular complexity index is 762. The van der Waals surface area contributed by atoms with Crippen molar-refractivity contribution in [2.45, 2.75) is 51.7 Å². The SMILES string of the molecule is CN=C(NCC(=O)N1CCC(Cc2ccccc2)CC1)NC1C2CCOC2C1(C)C.I. The number of hydrogen-bond donors (Lipinski definition) is 2. The largest absolute Gasteiger partial charge is 0.377 e. The normalized spacial score (nSPS) is 27.6. The van der Waals surface area contributed by atoms with Gasteiger partial charge in [0.15, 0.2) is 5.96 Å². The predicted octanol–water partition coefficient (Wildman–Crippen LogP) is 3.06. The van der Waals surface area contributed by atoms with Gasteiger partial charge in [0.1, 0.15) is 0 Å². The average Bonchev–Trinajstić information content (AvgIpc) is 3.22. The van der Waals surface area contributed by atoms with E-state index in [4.69, 9.17) is 4.74 Å². The number of guanidine groups is 1. The highest BCUT2D eigenvalue weighted by atomic mass is 127. The van der Waals surface area contributed by atoms with E-state index in [1.54, 1.807) is 7.05 Å². The molecule has 31 heavy (non-hydrogen) atoms. The molecule has 1 aromatic rings. The maximum absolute atomic E-state index is 12.7. The van der Waals surface area contributed by atoms with Crippen molar-refractivity contribution in [1.82, 2.24) is 15.5 Å². The van der Waals surface area contributed by atoms with Gasteiger partial charge in [-0.3, -0.25) is 9.79 Å². The van der Waals surface area contributed by atoms with Gasteiger partial charge in [0.25, 0.3) is 0 Å². The molecule has 2 saturated heterocycles. The third kappa shape index (κ3) is 5.35. The number of benzene rings is 1. The van der Waals surface area contributed by atoms with Crippen LogP contribution < -0.4 is 10.6 Å². The Balaban J connectivity index is 0.00000272. The summed E-state index contributed by atoms with van der Waals surface area (Å²) >= 11 is 0. The van der Waals surface area contributed by atoms with Crippen LogP contribution in [0.5, 0.6) is 0 Å². The quantitative estimate of drug-likeness (QED) is 0.343. The molecule has 1 amide bonds. The summed E-state index contributed by atoms with van der Waals surface area (Å²) in [4.78, 5) is 19.1. The van der Waals surface area contributed by atoms with Crippen LogP contribution in [-0.4, -0.2) is 62.2 Å². The molecule has 4 rings (SSSR count). The molecule has 6 nitrogen and oxygen atoms in total. The second kappa shape index (κ2) is 10.5. The second-order valence-electron chi connectivity index (χ2n) is 9.63. The topological polar surface area (TPSA) is 66.0 Å². The van der Waals surface area contributed by atoms with Crippen LogP contribution in [0.25, 0.3) is 0 Å². The maximum Gasteiger partial charge on any atom is 0.241 e. The maximum atomic E-state index is 12.7. The number of aliphatic imine (C=N–C) groups is 1. The highest BCUT2D eigenvalue weighted by Crippen LogP contribution is 2.52. The summed E-state index contributed by atoms with van der Waals surface area (Å²) in [6, 6.07) is 11.0. The van der Waals surface area contributed by atoms with E-state index in [2.05, 4.69) is 59.8 Å². The minimum atomic E-state index is 0. The first kappa shape index (κ1) is 24.3. The predicted molar refractivity (Wildman–Crippen MR) is 135 cm³/mol. The molecule has 3 unspecified atom stereocenters. The first-order chi connectivity index (χ1) is 14.5. The van der Waals surface area contributed by atoms with Crippen molar-refractivity contribution in [1.29, 1.82) is 0 Å². The van der Waals surface area contributed by atoms with Crippen LogP contribution in [-0.2, 0) is 16.0 Å². The molecule has 0 bridgehead atoms. The highest BCUT2D eigenvalue weighted by molar-refractivity contribution is 14.0. The minimum Gasteiger partial charge on any atom is -0.377 e. The van der Waals surface area contributed by atoms with E-state index in [0.29, 0.717) is 36.5 Å². The van der Waals surface area contributed by atoms with Crippen molar-refractivity contribution in [2.75, 3.05) is 33.3 Å². The number of fused-ring (bicyclic) bond motifs is 1. The molecule has 172 valence electrons. The number of carbonyl (C=O) groups excluding carboxylic acids is 1. The van der Waals surface area contributed by atoms with Gasteiger partial charge in [0.2, 0.25) is 5.91 Å². The summed E-state index contributed by atoms with van der Waals surface area (Å²) in [5, 5.41) is 6.79. The number of hydrogen-bond acceptors (Lipinski definition) is 3. The van der Waals surface area contributed by atoms with E-state index in [9.17, 15) is 4.79 Å². The zero-order chi connectivity index (χ0) is 21.1. The number of ether oxygens (including phenoxy) is 1. The van der Waals surface area contributed by atoms with Crippen LogP contribution in [0.2, 0.25) is 0 Å². The second-order valence-corrected chi connectivity index (χ2v) is 9.63. The molecule has 0 spiro atoms. The molecule has 2 heterocycles. The van der Waals surface area contributed by atoms with E-state index < -0.39 is 0 Å². The van der Waals surface area contributed by atoms with Crippen molar-refractivity contribution in [2.24, 2.45) is 22.2 Å². The monoisotopic (exact) mass is 540 g/mol. The lowest BCUT2D eigenvalue weighted by atomic mass is 9.57. The first-order valence-corrected chi connectivity index (χ1v) is 11.4. The zero-order valence-electron chi connectivity index (χ0n) is 19.0. The van der Waals surface area contributed by atoms with Crippen LogP contribution in [0.4, 0.5) is 0 Å². The molecule has 3 atom stereocenters. The molecule has 3 fully saturated rings. The Labute approximate surface area is 203 Å². The first-order valence-electron chi connectivity index (χ1n) is 11.4. The molecular formula is C24H37IN4O2. The molecule has 2 N–H and O–H groups in total. The molecule has 3 aliphatic rings. The van der Waals surface area contributed by atoms with Gasteiger partial charge in [-0.1, -0.05) is 44.2 Å². The Kier molecular flexibility index (Phi) is 8.24. The van der Waals surface area contributed by atoms with Gasteiger partial charge in [-0.15, -0.1) is 24.0 Å². The number of nitrogens with zero attached hydrogens (tertiary/aromatic N) is 2. The molecule has 0 radical (unpaired) electrons. The number of piperidine rings is 1. The van der Waals surface area contributed by atoms with Crippen molar-refractivity contribution in [3.8, 4) is 0 Å². The third-order valence-electron chi connectivity index (χ3n) is 7.36.